The highest BCUT2D eigenvalue weighted by Gasteiger charge is 2.09. The molecule has 0 aliphatic carbocycles. The molecule has 1 aromatic rings. The second-order valence-corrected chi connectivity index (χ2v) is 4.46. The molecule has 0 radical (unpaired) electrons. The Morgan fingerprint density at radius 2 is 1.88 bits per heavy atom. The third-order valence-corrected chi connectivity index (χ3v) is 2.45. The maximum absolute atomic E-state index is 11.9. The van der Waals surface area contributed by atoms with Crippen molar-refractivity contribution in [1.82, 2.24) is 10.2 Å². The van der Waals surface area contributed by atoms with Crippen LogP contribution in [0.25, 0.3) is 0 Å². The topological polar surface area (TPSA) is 44.4 Å². The predicted octanol–water partition coefficient (Wildman–Crippen LogP) is 1.41. The number of hydrogen-bond acceptors (Lipinski definition) is 3. The third kappa shape index (κ3) is 4.44. The number of amides is 1. The summed E-state index contributed by atoms with van der Waals surface area (Å²) in [5.74, 6) is -0.0259. The molecule has 0 spiro atoms. The number of benzene rings is 1. The van der Waals surface area contributed by atoms with Crippen LogP contribution in [0.5, 0.6) is 0 Å². The summed E-state index contributed by atoms with van der Waals surface area (Å²) >= 11 is 0. The molecule has 0 aromatic heterocycles. The summed E-state index contributed by atoms with van der Waals surface area (Å²) in [5, 5.41) is 5.99. The fraction of sp³-hybridized carbons (Fsp3) is 0.462. The van der Waals surface area contributed by atoms with Crippen LogP contribution in [0.2, 0.25) is 0 Å². The van der Waals surface area contributed by atoms with Crippen molar-refractivity contribution < 1.29 is 4.79 Å². The van der Waals surface area contributed by atoms with E-state index in [1.54, 1.807) is 0 Å². The summed E-state index contributed by atoms with van der Waals surface area (Å²) < 4.78 is 0. The lowest BCUT2D eigenvalue weighted by molar-refractivity contribution is 0.0934. The summed E-state index contributed by atoms with van der Waals surface area (Å²) in [5.41, 5.74) is 1.69. The van der Waals surface area contributed by atoms with E-state index in [0.717, 1.165) is 12.2 Å². The first-order valence-corrected chi connectivity index (χ1v) is 5.76. The van der Waals surface area contributed by atoms with E-state index in [1.807, 2.05) is 52.3 Å². The molecule has 1 amide bonds. The van der Waals surface area contributed by atoms with E-state index in [0.29, 0.717) is 5.56 Å². The number of carbonyl (C=O) groups is 1. The van der Waals surface area contributed by atoms with Gasteiger partial charge in [-0.05, 0) is 45.3 Å². The highest BCUT2D eigenvalue weighted by atomic mass is 16.1. The van der Waals surface area contributed by atoms with Crippen LogP contribution in [0.15, 0.2) is 24.3 Å². The Bertz CT molecular complexity index is 359. The molecule has 2 N–H and O–H groups in total. The fourth-order valence-electron chi connectivity index (χ4n) is 1.69. The zero-order valence-electron chi connectivity index (χ0n) is 10.9. The Morgan fingerprint density at radius 1 is 1.29 bits per heavy atom. The van der Waals surface area contributed by atoms with Gasteiger partial charge in [0, 0.05) is 30.9 Å². The van der Waals surface area contributed by atoms with E-state index in [2.05, 4.69) is 15.5 Å². The Labute approximate surface area is 103 Å². The summed E-state index contributed by atoms with van der Waals surface area (Å²) in [6, 6.07) is 7.57. The molecule has 0 aliphatic rings. The first-order chi connectivity index (χ1) is 8.02. The minimum absolute atomic E-state index is 0.0259. The number of hydrogen-bond donors (Lipinski definition) is 2. The zero-order chi connectivity index (χ0) is 12.8. The largest absolute Gasteiger partial charge is 0.388 e. The van der Waals surface area contributed by atoms with Gasteiger partial charge in [0.05, 0.1) is 0 Å². The molecule has 4 heteroatoms. The number of nitrogens with one attached hydrogen (secondary N) is 2. The molecule has 4 nitrogen and oxygen atoms in total. The Morgan fingerprint density at radius 3 is 2.35 bits per heavy atom. The highest BCUT2D eigenvalue weighted by Crippen LogP contribution is 2.08. The molecule has 1 rings (SSSR count). The Hall–Kier alpha value is -1.55. The smallest absolute Gasteiger partial charge is 0.251 e. The number of rotatable bonds is 5. The molecule has 0 heterocycles. The molecular weight excluding hydrogens is 214 g/mol. The van der Waals surface area contributed by atoms with Crippen molar-refractivity contribution in [1.29, 1.82) is 0 Å². The minimum Gasteiger partial charge on any atom is -0.388 e. The van der Waals surface area contributed by atoms with Crippen LogP contribution in [-0.4, -0.2) is 44.5 Å². The van der Waals surface area contributed by atoms with Gasteiger partial charge in [0.15, 0.2) is 0 Å². The van der Waals surface area contributed by atoms with E-state index in [-0.39, 0.29) is 11.9 Å². The first kappa shape index (κ1) is 13.5. The van der Waals surface area contributed by atoms with Gasteiger partial charge >= 0.3 is 0 Å². The standard InChI is InChI=1S/C13H21N3O/c1-10(9-16(3)4)15-13(17)11-5-7-12(14-2)8-6-11/h5-8,10,14H,9H2,1-4H3,(H,15,17). The average molecular weight is 235 g/mol. The number of likely N-dealkylation sites (N-methyl/N-ethyl adjacent to an activating group) is 1. The molecule has 0 bridgehead atoms. The van der Waals surface area contributed by atoms with Crippen molar-refractivity contribution in [3.05, 3.63) is 29.8 Å². The van der Waals surface area contributed by atoms with Gasteiger partial charge in [-0.2, -0.15) is 0 Å². The van der Waals surface area contributed by atoms with Gasteiger partial charge in [0.25, 0.3) is 5.91 Å². The van der Waals surface area contributed by atoms with Crippen molar-refractivity contribution in [2.24, 2.45) is 0 Å². The highest BCUT2D eigenvalue weighted by molar-refractivity contribution is 5.94. The molecule has 1 unspecified atom stereocenters. The molecular formula is C13H21N3O. The molecule has 1 atom stereocenters. The molecule has 0 saturated heterocycles. The molecule has 0 fully saturated rings. The first-order valence-electron chi connectivity index (χ1n) is 5.76. The molecule has 1 aromatic carbocycles. The minimum atomic E-state index is -0.0259. The van der Waals surface area contributed by atoms with Crippen LogP contribution in [0.4, 0.5) is 5.69 Å². The average Bonchev–Trinajstić information content (AvgIpc) is 2.28. The number of anilines is 1. The van der Waals surface area contributed by atoms with Crippen LogP contribution in [0, 0.1) is 0 Å². The zero-order valence-corrected chi connectivity index (χ0v) is 10.9. The maximum atomic E-state index is 11.9. The number of nitrogens with zero attached hydrogens (tertiary/aromatic N) is 1. The maximum Gasteiger partial charge on any atom is 0.251 e. The fourth-order valence-corrected chi connectivity index (χ4v) is 1.69. The Kier molecular flexibility index (Phi) is 4.97. The van der Waals surface area contributed by atoms with Crippen molar-refractivity contribution in [2.75, 3.05) is 33.0 Å². The quantitative estimate of drug-likeness (QED) is 0.811. The van der Waals surface area contributed by atoms with Crippen LogP contribution in [-0.2, 0) is 0 Å². The molecule has 0 aliphatic heterocycles. The van der Waals surface area contributed by atoms with Crippen LogP contribution in [0.1, 0.15) is 17.3 Å². The van der Waals surface area contributed by atoms with Gasteiger partial charge in [0.1, 0.15) is 0 Å². The Balaban J connectivity index is 2.57. The lowest BCUT2D eigenvalue weighted by Gasteiger charge is -2.18. The van der Waals surface area contributed by atoms with Gasteiger partial charge in [-0.1, -0.05) is 0 Å². The monoisotopic (exact) mass is 235 g/mol. The van der Waals surface area contributed by atoms with Gasteiger partial charge < -0.3 is 15.5 Å². The van der Waals surface area contributed by atoms with Gasteiger partial charge in [-0.25, -0.2) is 0 Å². The molecule has 17 heavy (non-hydrogen) atoms. The second-order valence-electron chi connectivity index (χ2n) is 4.46. The summed E-state index contributed by atoms with van der Waals surface area (Å²) in [6.45, 7) is 2.83. The van der Waals surface area contributed by atoms with Gasteiger partial charge in [0.2, 0.25) is 0 Å². The number of carbonyl (C=O) groups excluding carboxylic acids is 1. The molecule has 94 valence electrons. The van der Waals surface area contributed by atoms with E-state index >= 15 is 0 Å². The van der Waals surface area contributed by atoms with Gasteiger partial charge in [-0.15, -0.1) is 0 Å². The van der Waals surface area contributed by atoms with E-state index in [9.17, 15) is 4.79 Å². The van der Waals surface area contributed by atoms with Crippen LogP contribution in [0.3, 0.4) is 0 Å². The molecule has 0 saturated carbocycles. The van der Waals surface area contributed by atoms with Crippen molar-refractivity contribution in [3.63, 3.8) is 0 Å². The second kappa shape index (κ2) is 6.25. The van der Waals surface area contributed by atoms with Gasteiger partial charge in [-0.3, -0.25) is 4.79 Å². The van der Waals surface area contributed by atoms with Crippen molar-refractivity contribution in [3.8, 4) is 0 Å². The van der Waals surface area contributed by atoms with E-state index in [1.165, 1.54) is 0 Å². The van der Waals surface area contributed by atoms with Crippen molar-refractivity contribution >= 4 is 11.6 Å². The lowest BCUT2D eigenvalue weighted by Crippen LogP contribution is -2.39. The van der Waals surface area contributed by atoms with Crippen LogP contribution >= 0.6 is 0 Å². The van der Waals surface area contributed by atoms with E-state index in [4.69, 9.17) is 0 Å². The lowest BCUT2D eigenvalue weighted by atomic mass is 10.2. The third-order valence-electron chi connectivity index (χ3n) is 2.45. The normalized spacial score (nSPS) is 12.3. The summed E-state index contributed by atoms with van der Waals surface area (Å²) in [7, 11) is 5.84. The summed E-state index contributed by atoms with van der Waals surface area (Å²) in [6.07, 6.45) is 0. The predicted molar refractivity (Wildman–Crippen MR) is 71.5 cm³/mol. The SMILES string of the molecule is CNc1ccc(C(=O)NC(C)CN(C)C)cc1. The summed E-state index contributed by atoms with van der Waals surface area (Å²) in [4.78, 5) is 13.9. The van der Waals surface area contributed by atoms with Crippen LogP contribution < -0.4 is 10.6 Å². The van der Waals surface area contributed by atoms with Crippen molar-refractivity contribution in [2.45, 2.75) is 13.0 Å². The van der Waals surface area contributed by atoms with E-state index < -0.39 is 0 Å².